The molecule has 0 bridgehead atoms. The molecule has 0 radical (unpaired) electrons. The highest BCUT2D eigenvalue weighted by atomic mass is 35.5. The van der Waals surface area contributed by atoms with E-state index in [0.717, 1.165) is 6.07 Å². The average molecular weight is 348 g/mol. The minimum absolute atomic E-state index is 0.00512. The summed E-state index contributed by atoms with van der Waals surface area (Å²) < 4.78 is 43.6. The number of hydrogen-bond donors (Lipinski definition) is 1. The summed E-state index contributed by atoms with van der Waals surface area (Å²) in [6, 6.07) is 3.41. The Bertz CT molecular complexity index is 625. The number of rotatable bonds is 2. The van der Waals surface area contributed by atoms with Gasteiger partial charge in [0.05, 0.1) is 5.56 Å². The first-order chi connectivity index (χ1) is 10.5. The molecule has 0 atom stereocenters. The van der Waals surface area contributed by atoms with Crippen LogP contribution in [0.3, 0.4) is 0 Å². The SMILES string of the molecule is CC(C)(C)OC(=O)NCCC#Cc1ccc(Cl)cc1C(F)(F)F. The molecule has 0 saturated heterocycles. The molecule has 0 spiro atoms. The maximum absolute atomic E-state index is 12.9. The van der Waals surface area contributed by atoms with Crippen molar-refractivity contribution >= 4 is 17.7 Å². The van der Waals surface area contributed by atoms with Gasteiger partial charge in [-0.25, -0.2) is 4.79 Å². The average Bonchev–Trinajstić information content (AvgIpc) is 2.36. The van der Waals surface area contributed by atoms with Gasteiger partial charge in [0.15, 0.2) is 0 Å². The van der Waals surface area contributed by atoms with Crippen molar-refractivity contribution < 1.29 is 22.7 Å². The summed E-state index contributed by atoms with van der Waals surface area (Å²) in [6.45, 7) is 5.36. The van der Waals surface area contributed by atoms with Crippen LogP contribution in [0, 0.1) is 11.8 Å². The van der Waals surface area contributed by atoms with Gasteiger partial charge in [0.1, 0.15) is 5.60 Å². The second kappa shape index (κ2) is 7.60. The lowest BCUT2D eigenvalue weighted by atomic mass is 10.1. The molecule has 0 aliphatic rings. The minimum Gasteiger partial charge on any atom is -0.444 e. The van der Waals surface area contributed by atoms with E-state index in [4.69, 9.17) is 16.3 Å². The molecule has 126 valence electrons. The Kier molecular flexibility index (Phi) is 6.34. The number of carbonyl (C=O) groups excluding carboxylic acids is 1. The van der Waals surface area contributed by atoms with Crippen LogP contribution in [0.1, 0.15) is 38.3 Å². The number of halogens is 4. The smallest absolute Gasteiger partial charge is 0.417 e. The Labute approximate surface area is 138 Å². The van der Waals surface area contributed by atoms with Crippen molar-refractivity contribution in [2.24, 2.45) is 0 Å². The van der Waals surface area contributed by atoms with Gasteiger partial charge >= 0.3 is 12.3 Å². The van der Waals surface area contributed by atoms with E-state index < -0.39 is 23.4 Å². The van der Waals surface area contributed by atoms with Crippen molar-refractivity contribution in [3.63, 3.8) is 0 Å². The van der Waals surface area contributed by atoms with Crippen molar-refractivity contribution in [3.8, 4) is 11.8 Å². The highest BCUT2D eigenvalue weighted by molar-refractivity contribution is 6.30. The Morgan fingerprint density at radius 1 is 1.30 bits per heavy atom. The third-order valence-corrected chi connectivity index (χ3v) is 2.66. The molecule has 1 N–H and O–H groups in total. The van der Waals surface area contributed by atoms with Crippen LogP contribution in [0.25, 0.3) is 0 Å². The van der Waals surface area contributed by atoms with Gasteiger partial charge in [0.25, 0.3) is 0 Å². The summed E-state index contributed by atoms with van der Waals surface area (Å²) in [5, 5.41) is 2.47. The second-order valence-corrected chi connectivity index (χ2v) is 6.10. The van der Waals surface area contributed by atoms with Crippen molar-refractivity contribution in [2.45, 2.75) is 39.0 Å². The highest BCUT2D eigenvalue weighted by Crippen LogP contribution is 2.33. The Hall–Kier alpha value is -1.87. The molecule has 23 heavy (non-hydrogen) atoms. The number of alkyl halides is 3. The Morgan fingerprint density at radius 2 is 1.96 bits per heavy atom. The van der Waals surface area contributed by atoms with Crippen LogP contribution >= 0.6 is 11.6 Å². The molecule has 1 aromatic rings. The van der Waals surface area contributed by atoms with Crippen LogP contribution in [-0.2, 0) is 10.9 Å². The molecule has 7 heteroatoms. The van der Waals surface area contributed by atoms with Gasteiger partial charge in [0.2, 0.25) is 0 Å². The number of benzene rings is 1. The zero-order valence-corrected chi connectivity index (χ0v) is 13.7. The first-order valence-electron chi connectivity index (χ1n) is 6.81. The molecular formula is C16H17ClF3NO2. The number of ether oxygens (including phenoxy) is 1. The van der Waals surface area contributed by atoms with Gasteiger partial charge in [-0.2, -0.15) is 13.2 Å². The minimum atomic E-state index is -4.52. The summed E-state index contributed by atoms with van der Waals surface area (Å²) in [4.78, 5) is 11.4. The van der Waals surface area contributed by atoms with Gasteiger partial charge in [-0.15, -0.1) is 0 Å². The lowest BCUT2D eigenvalue weighted by Gasteiger charge is -2.19. The fourth-order valence-corrected chi connectivity index (χ4v) is 1.73. The van der Waals surface area contributed by atoms with Gasteiger partial charge < -0.3 is 10.1 Å². The van der Waals surface area contributed by atoms with E-state index in [1.54, 1.807) is 20.8 Å². The van der Waals surface area contributed by atoms with Crippen LogP contribution in [0.4, 0.5) is 18.0 Å². The molecular weight excluding hydrogens is 331 g/mol. The van der Waals surface area contributed by atoms with Crippen molar-refractivity contribution in [3.05, 3.63) is 34.3 Å². The van der Waals surface area contributed by atoms with Crippen molar-refractivity contribution in [2.75, 3.05) is 6.54 Å². The number of hydrogen-bond acceptors (Lipinski definition) is 2. The molecule has 0 unspecified atom stereocenters. The molecule has 0 saturated carbocycles. The Morgan fingerprint density at radius 3 is 2.52 bits per heavy atom. The normalized spacial score (nSPS) is 11.4. The predicted molar refractivity (Wildman–Crippen MR) is 82.2 cm³/mol. The standard InChI is InChI=1S/C16H17ClF3NO2/c1-15(2,3)23-14(22)21-9-5-4-6-11-7-8-12(17)10-13(11)16(18,19)20/h7-8,10H,5,9H2,1-3H3,(H,21,22). The lowest BCUT2D eigenvalue weighted by Crippen LogP contribution is -2.32. The van der Waals surface area contributed by atoms with Crippen LogP contribution in [0.2, 0.25) is 5.02 Å². The zero-order valence-electron chi connectivity index (χ0n) is 13.0. The molecule has 0 aliphatic heterocycles. The molecule has 0 aliphatic carbocycles. The summed E-state index contributed by atoms with van der Waals surface area (Å²) in [6.07, 6.45) is -4.93. The van der Waals surface area contributed by atoms with Gasteiger partial charge in [-0.3, -0.25) is 0 Å². The number of alkyl carbamates (subject to hydrolysis) is 1. The maximum atomic E-state index is 12.9. The molecule has 1 amide bonds. The number of amides is 1. The number of carbonyl (C=O) groups is 1. The molecule has 1 rings (SSSR count). The van der Waals surface area contributed by atoms with Crippen LogP contribution in [-0.4, -0.2) is 18.2 Å². The third kappa shape index (κ3) is 7.29. The molecule has 0 heterocycles. The number of nitrogens with one attached hydrogen (secondary N) is 1. The summed E-state index contributed by atoms with van der Waals surface area (Å²) in [7, 11) is 0. The van der Waals surface area contributed by atoms with Crippen LogP contribution < -0.4 is 5.32 Å². The van der Waals surface area contributed by atoms with Crippen molar-refractivity contribution in [1.82, 2.24) is 5.32 Å². The summed E-state index contributed by atoms with van der Waals surface area (Å²) in [5.74, 6) is 5.04. The van der Waals surface area contributed by atoms with Crippen LogP contribution in [0.15, 0.2) is 18.2 Å². The van der Waals surface area contributed by atoms with E-state index in [9.17, 15) is 18.0 Å². The first-order valence-corrected chi connectivity index (χ1v) is 7.19. The van der Waals surface area contributed by atoms with Gasteiger partial charge in [0, 0.05) is 23.6 Å². The van der Waals surface area contributed by atoms with E-state index in [1.165, 1.54) is 12.1 Å². The fourth-order valence-electron chi connectivity index (χ4n) is 1.56. The quantitative estimate of drug-likeness (QED) is 0.626. The Balaban J connectivity index is 2.63. The second-order valence-electron chi connectivity index (χ2n) is 5.67. The molecule has 0 aromatic heterocycles. The predicted octanol–water partition coefficient (Wildman–Crippen LogP) is 4.63. The third-order valence-electron chi connectivity index (χ3n) is 2.43. The molecule has 3 nitrogen and oxygen atoms in total. The summed E-state index contributed by atoms with van der Waals surface area (Å²) >= 11 is 5.58. The molecule has 0 fully saturated rings. The first kappa shape index (κ1) is 19.2. The van der Waals surface area contributed by atoms with E-state index >= 15 is 0 Å². The monoisotopic (exact) mass is 347 g/mol. The molecule has 1 aromatic carbocycles. The summed E-state index contributed by atoms with van der Waals surface area (Å²) in [5.41, 5.74) is -1.64. The van der Waals surface area contributed by atoms with Crippen LogP contribution in [0.5, 0.6) is 0 Å². The van der Waals surface area contributed by atoms with Crippen molar-refractivity contribution in [1.29, 1.82) is 0 Å². The van der Waals surface area contributed by atoms with E-state index in [1.807, 2.05) is 0 Å². The largest absolute Gasteiger partial charge is 0.444 e. The van der Waals surface area contributed by atoms with E-state index in [2.05, 4.69) is 17.2 Å². The van der Waals surface area contributed by atoms with E-state index in [0.29, 0.717) is 0 Å². The maximum Gasteiger partial charge on any atom is 0.417 e. The zero-order chi connectivity index (χ0) is 17.7. The van der Waals surface area contributed by atoms with Gasteiger partial charge in [-0.1, -0.05) is 23.4 Å². The topological polar surface area (TPSA) is 38.3 Å². The lowest BCUT2D eigenvalue weighted by molar-refractivity contribution is -0.137. The van der Waals surface area contributed by atoms with Gasteiger partial charge in [-0.05, 0) is 39.0 Å². The fraction of sp³-hybridized carbons (Fsp3) is 0.438. The highest BCUT2D eigenvalue weighted by Gasteiger charge is 2.33. The van der Waals surface area contributed by atoms with E-state index in [-0.39, 0.29) is 23.6 Å².